The zero-order valence-corrected chi connectivity index (χ0v) is 12.0. The Hall–Kier alpha value is -0.450. The summed E-state index contributed by atoms with van der Waals surface area (Å²) in [5.41, 5.74) is 1.43. The van der Waals surface area contributed by atoms with Gasteiger partial charge < -0.3 is 10.1 Å². The molecule has 1 aliphatic rings. The van der Waals surface area contributed by atoms with Crippen molar-refractivity contribution < 1.29 is 4.74 Å². The molecule has 1 atom stereocenters. The molecule has 0 radical (unpaired) electrons. The number of thiazole rings is 1. The Morgan fingerprint density at radius 3 is 2.82 bits per heavy atom. The third-order valence-corrected chi connectivity index (χ3v) is 4.43. The Kier molecular flexibility index (Phi) is 3.57. The van der Waals surface area contributed by atoms with E-state index in [1.54, 1.807) is 11.3 Å². The van der Waals surface area contributed by atoms with E-state index in [0.717, 1.165) is 31.9 Å². The maximum absolute atomic E-state index is 5.43. The first kappa shape index (κ1) is 13.0. The summed E-state index contributed by atoms with van der Waals surface area (Å²) in [7, 11) is 0. The highest BCUT2D eigenvalue weighted by molar-refractivity contribution is 7.09. The zero-order valence-electron chi connectivity index (χ0n) is 11.2. The predicted octanol–water partition coefficient (Wildman–Crippen LogP) is 2.71. The van der Waals surface area contributed by atoms with Crippen LogP contribution < -0.4 is 5.32 Å². The number of ether oxygens (including phenoxy) is 1. The summed E-state index contributed by atoms with van der Waals surface area (Å²) in [5.74, 6) is 0. The topological polar surface area (TPSA) is 34.2 Å². The fourth-order valence-corrected chi connectivity index (χ4v) is 2.75. The Labute approximate surface area is 108 Å². The molecule has 2 heterocycles. The Balaban J connectivity index is 1.93. The van der Waals surface area contributed by atoms with E-state index in [0.29, 0.717) is 0 Å². The van der Waals surface area contributed by atoms with Crippen LogP contribution in [0.25, 0.3) is 0 Å². The van der Waals surface area contributed by atoms with Crippen molar-refractivity contribution in [2.45, 2.75) is 51.6 Å². The molecule has 1 fully saturated rings. The Morgan fingerprint density at radius 2 is 2.29 bits per heavy atom. The lowest BCUT2D eigenvalue weighted by Gasteiger charge is -2.23. The zero-order chi connectivity index (χ0) is 12.5. The molecule has 0 aromatic carbocycles. The van der Waals surface area contributed by atoms with Gasteiger partial charge in [0.25, 0.3) is 0 Å². The summed E-state index contributed by atoms with van der Waals surface area (Å²) < 4.78 is 5.43. The lowest BCUT2D eigenvalue weighted by molar-refractivity contribution is 0.171. The third kappa shape index (κ3) is 3.27. The molecule has 4 heteroatoms. The average molecular weight is 254 g/mol. The quantitative estimate of drug-likeness (QED) is 0.900. The molecule has 17 heavy (non-hydrogen) atoms. The van der Waals surface area contributed by atoms with Gasteiger partial charge in [-0.1, -0.05) is 20.8 Å². The second-order valence-electron chi connectivity index (χ2n) is 6.11. The molecule has 0 aliphatic carbocycles. The number of aromatic nitrogens is 1. The Bertz CT molecular complexity index is 375. The van der Waals surface area contributed by atoms with Crippen LogP contribution in [0.4, 0.5) is 0 Å². The lowest BCUT2D eigenvalue weighted by atomic mass is 9.98. The Morgan fingerprint density at radius 1 is 1.53 bits per heavy atom. The van der Waals surface area contributed by atoms with Crippen molar-refractivity contribution in [1.29, 1.82) is 0 Å². The van der Waals surface area contributed by atoms with Gasteiger partial charge in [-0.2, -0.15) is 0 Å². The maximum Gasteiger partial charge on any atom is 0.0982 e. The molecule has 1 aromatic rings. The van der Waals surface area contributed by atoms with E-state index in [1.807, 2.05) is 0 Å². The van der Waals surface area contributed by atoms with Crippen LogP contribution in [0.1, 0.15) is 44.8 Å². The van der Waals surface area contributed by atoms with E-state index in [9.17, 15) is 0 Å². The van der Waals surface area contributed by atoms with Crippen molar-refractivity contribution in [3.63, 3.8) is 0 Å². The second-order valence-corrected chi connectivity index (χ2v) is 6.97. The molecule has 0 saturated carbocycles. The fourth-order valence-electron chi connectivity index (χ4n) is 1.84. The summed E-state index contributed by atoms with van der Waals surface area (Å²) >= 11 is 1.76. The number of rotatable bonds is 3. The second kappa shape index (κ2) is 4.67. The van der Waals surface area contributed by atoms with Gasteiger partial charge in [0, 0.05) is 29.5 Å². The number of hydrogen-bond donors (Lipinski definition) is 1. The van der Waals surface area contributed by atoms with E-state index < -0.39 is 0 Å². The minimum Gasteiger partial charge on any atom is -0.379 e. The van der Waals surface area contributed by atoms with Gasteiger partial charge in [-0.15, -0.1) is 11.3 Å². The monoisotopic (exact) mass is 254 g/mol. The highest BCUT2D eigenvalue weighted by Crippen LogP contribution is 2.26. The molecule has 1 saturated heterocycles. The van der Waals surface area contributed by atoms with Crippen LogP contribution in [-0.4, -0.2) is 23.7 Å². The first-order chi connectivity index (χ1) is 7.89. The molecule has 1 aromatic heterocycles. The molecular formula is C13H22N2OS. The van der Waals surface area contributed by atoms with Gasteiger partial charge in [0.05, 0.1) is 17.3 Å². The average Bonchev–Trinajstić information content (AvgIpc) is 2.83. The van der Waals surface area contributed by atoms with Crippen LogP contribution >= 0.6 is 11.3 Å². The van der Waals surface area contributed by atoms with E-state index in [1.165, 1.54) is 5.01 Å². The van der Waals surface area contributed by atoms with Crippen LogP contribution in [0.3, 0.4) is 0 Å². The molecule has 3 nitrogen and oxygen atoms in total. The van der Waals surface area contributed by atoms with Crippen molar-refractivity contribution in [1.82, 2.24) is 10.3 Å². The van der Waals surface area contributed by atoms with Gasteiger partial charge in [-0.3, -0.25) is 0 Å². The first-order valence-electron chi connectivity index (χ1n) is 6.17. The normalized spacial score (nSPS) is 25.4. The van der Waals surface area contributed by atoms with Crippen LogP contribution in [0.2, 0.25) is 0 Å². The standard InChI is InChI=1S/C13H22N2OS/c1-12(2,3)11-15-10(8-17-11)7-14-13(4)5-6-16-9-13/h8,14H,5-7,9H2,1-4H3. The van der Waals surface area contributed by atoms with Crippen LogP contribution in [0, 0.1) is 0 Å². The predicted molar refractivity (Wildman–Crippen MR) is 71.5 cm³/mol. The molecule has 1 N–H and O–H groups in total. The van der Waals surface area contributed by atoms with E-state index in [2.05, 4.69) is 43.4 Å². The van der Waals surface area contributed by atoms with E-state index >= 15 is 0 Å². The van der Waals surface area contributed by atoms with Crippen molar-refractivity contribution in [3.05, 3.63) is 16.1 Å². The SMILES string of the molecule is CC1(NCc2csc(C(C)(C)C)n2)CCOC1. The van der Waals surface area contributed by atoms with Gasteiger partial charge in [-0.25, -0.2) is 4.98 Å². The summed E-state index contributed by atoms with van der Waals surface area (Å²) in [6.07, 6.45) is 1.09. The van der Waals surface area contributed by atoms with Crippen molar-refractivity contribution >= 4 is 11.3 Å². The molecule has 0 amide bonds. The number of hydrogen-bond acceptors (Lipinski definition) is 4. The molecule has 96 valence electrons. The molecular weight excluding hydrogens is 232 g/mol. The third-order valence-electron chi connectivity index (χ3n) is 3.11. The minimum atomic E-state index is 0.130. The largest absolute Gasteiger partial charge is 0.379 e. The summed E-state index contributed by atoms with van der Waals surface area (Å²) in [4.78, 5) is 4.69. The van der Waals surface area contributed by atoms with Gasteiger partial charge in [0.2, 0.25) is 0 Å². The number of nitrogens with one attached hydrogen (secondary N) is 1. The van der Waals surface area contributed by atoms with E-state index in [4.69, 9.17) is 4.74 Å². The van der Waals surface area contributed by atoms with Gasteiger partial charge >= 0.3 is 0 Å². The fraction of sp³-hybridized carbons (Fsp3) is 0.769. The summed E-state index contributed by atoms with van der Waals surface area (Å²) in [6.45, 7) is 11.3. The highest BCUT2D eigenvalue weighted by atomic mass is 32.1. The van der Waals surface area contributed by atoms with Gasteiger partial charge in [-0.05, 0) is 13.3 Å². The highest BCUT2D eigenvalue weighted by Gasteiger charge is 2.29. The summed E-state index contributed by atoms with van der Waals surface area (Å²) in [6, 6.07) is 0. The smallest absolute Gasteiger partial charge is 0.0982 e. The van der Waals surface area contributed by atoms with Crippen molar-refractivity contribution in [2.24, 2.45) is 0 Å². The van der Waals surface area contributed by atoms with Crippen molar-refractivity contribution in [2.75, 3.05) is 13.2 Å². The minimum absolute atomic E-state index is 0.130. The molecule has 2 rings (SSSR count). The van der Waals surface area contributed by atoms with Crippen molar-refractivity contribution in [3.8, 4) is 0 Å². The van der Waals surface area contributed by atoms with Crippen LogP contribution in [0.5, 0.6) is 0 Å². The van der Waals surface area contributed by atoms with Gasteiger partial charge in [0.1, 0.15) is 0 Å². The first-order valence-corrected chi connectivity index (χ1v) is 7.05. The molecule has 1 aliphatic heterocycles. The van der Waals surface area contributed by atoms with Crippen LogP contribution in [-0.2, 0) is 16.7 Å². The van der Waals surface area contributed by atoms with Gasteiger partial charge in [0.15, 0.2) is 0 Å². The number of nitrogens with zero attached hydrogens (tertiary/aromatic N) is 1. The maximum atomic E-state index is 5.43. The molecule has 0 bridgehead atoms. The lowest BCUT2D eigenvalue weighted by Crippen LogP contribution is -2.42. The molecule has 1 unspecified atom stereocenters. The van der Waals surface area contributed by atoms with E-state index in [-0.39, 0.29) is 11.0 Å². The molecule has 0 spiro atoms. The van der Waals surface area contributed by atoms with Crippen LogP contribution in [0.15, 0.2) is 5.38 Å². The summed E-state index contributed by atoms with van der Waals surface area (Å²) in [5, 5.41) is 6.93.